The molecule has 3 heteroatoms. The molecule has 0 saturated carbocycles. The molecule has 0 amide bonds. The summed E-state index contributed by atoms with van der Waals surface area (Å²) >= 11 is 0. The van der Waals surface area contributed by atoms with Gasteiger partial charge in [-0.3, -0.25) is 0 Å². The first-order valence-electron chi connectivity index (χ1n) is 5.30. The lowest BCUT2D eigenvalue weighted by Crippen LogP contribution is -2.03. The van der Waals surface area contributed by atoms with E-state index in [4.69, 9.17) is 0 Å². The van der Waals surface area contributed by atoms with Crippen LogP contribution in [0, 0.1) is 0 Å². The van der Waals surface area contributed by atoms with Crippen LogP contribution in [-0.4, -0.2) is 5.11 Å². The van der Waals surface area contributed by atoms with E-state index < -0.39 is 12.5 Å². The zero-order valence-electron chi connectivity index (χ0n) is 9.05. The lowest BCUT2D eigenvalue weighted by Gasteiger charge is -2.15. The SMILES string of the molecule is OC(c1ccccc1)c1ccccc1C(F)F. The molecule has 0 aliphatic heterocycles. The van der Waals surface area contributed by atoms with Gasteiger partial charge in [0.15, 0.2) is 0 Å². The third-order valence-corrected chi connectivity index (χ3v) is 2.64. The molecule has 1 atom stereocenters. The van der Waals surface area contributed by atoms with Gasteiger partial charge >= 0.3 is 0 Å². The summed E-state index contributed by atoms with van der Waals surface area (Å²) in [6, 6.07) is 14.8. The van der Waals surface area contributed by atoms with Crippen molar-refractivity contribution in [2.24, 2.45) is 0 Å². The van der Waals surface area contributed by atoms with Crippen molar-refractivity contribution >= 4 is 0 Å². The van der Waals surface area contributed by atoms with Crippen molar-refractivity contribution in [2.45, 2.75) is 12.5 Å². The van der Waals surface area contributed by atoms with E-state index in [1.165, 1.54) is 12.1 Å². The summed E-state index contributed by atoms with van der Waals surface area (Å²) in [4.78, 5) is 0. The largest absolute Gasteiger partial charge is 0.384 e. The Hall–Kier alpha value is -1.74. The summed E-state index contributed by atoms with van der Waals surface area (Å²) in [5, 5.41) is 10.1. The van der Waals surface area contributed by atoms with Gasteiger partial charge in [-0.2, -0.15) is 0 Å². The maximum atomic E-state index is 12.8. The van der Waals surface area contributed by atoms with E-state index in [1.54, 1.807) is 36.4 Å². The van der Waals surface area contributed by atoms with Crippen LogP contribution in [0.25, 0.3) is 0 Å². The molecule has 0 aliphatic carbocycles. The van der Waals surface area contributed by atoms with Crippen LogP contribution < -0.4 is 0 Å². The van der Waals surface area contributed by atoms with E-state index in [1.807, 2.05) is 6.07 Å². The molecular formula is C14H12F2O. The van der Waals surface area contributed by atoms with E-state index in [-0.39, 0.29) is 11.1 Å². The summed E-state index contributed by atoms with van der Waals surface area (Å²) in [7, 11) is 0. The second kappa shape index (κ2) is 5.06. The van der Waals surface area contributed by atoms with Crippen molar-refractivity contribution in [1.82, 2.24) is 0 Å². The van der Waals surface area contributed by atoms with Crippen molar-refractivity contribution in [3.8, 4) is 0 Å². The molecule has 0 saturated heterocycles. The third kappa shape index (κ3) is 2.50. The average Bonchev–Trinajstić information content (AvgIpc) is 2.39. The molecule has 1 N–H and O–H groups in total. The average molecular weight is 234 g/mol. The number of alkyl halides is 2. The van der Waals surface area contributed by atoms with E-state index in [0.29, 0.717) is 5.56 Å². The van der Waals surface area contributed by atoms with E-state index >= 15 is 0 Å². The Labute approximate surface area is 98.3 Å². The summed E-state index contributed by atoms with van der Waals surface area (Å²) in [6.45, 7) is 0. The van der Waals surface area contributed by atoms with Gasteiger partial charge in [0.1, 0.15) is 6.10 Å². The zero-order valence-corrected chi connectivity index (χ0v) is 9.05. The van der Waals surface area contributed by atoms with Crippen LogP contribution in [0.5, 0.6) is 0 Å². The Bertz CT molecular complexity index is 483. The Morgan fingerprint density at radius 3 is 1.88 bits per heavy atom. The molecule has 17 heavy (non-hydrogen) atoms. The monoisotopic (exact) mass is 234 g/mol. The molecule has 2 rings (SSSR count). The highest BCUT2D eigenvalue weighted by molar-refractivity contribution is 5.36. The summed E-state index contributed by atoms with van der Waals surface area (Å²) in [6.07, 6.45) is -3.59. The second-order valence-electron chi connectivity index (χ2n) is 3.74. The van der Waals surface area contributed by atoms with Gasteiger partial charge in [0.05, 0.1) is 0 Å². The van der Waals surface area contributed by atoms with Gasteiger partial charge < -0.3 is 5.11 Å². The summed E-state index contributed by atoms with van der Waals surface area (Å²) in [5.41, 5.74) is 0.748. The number of hydrogen-bond donors (Lipinski definition) is 1. The fourth-order valence-corrected chi connectivity index (χ4v) is 1.77. The number of aliphatic hydroxyl groups is 1. The van der Waals surface area contributed by atoms with Crippen LogP contribution in [0.1, 0.15) is 29.2 Å². The van der Waals surface area contributed by atoms with Gasteiger partial charge in [0, 0.05) is 5.56 Å². The van der Waals surface area contributed by atoms with Crippen molar-refractivity contribution < 1.29 is 13.9 Å². The fraction of sp³-hybridized carbons (Fsp3) is 0.143. The minimum atomic E-state index is -2.58. The molecule has 0 aromatic heterocycles. The van der Waals surface area contributed by atoms with Crippen LogP contribution >= 0.6 is 0 Å². The van der Waals surface area contributed by atoms with Crippen LogP contribution in [0.4, 0.5) is 8.78 Å². The highest BCUT2D eigenvalue weighted by Gasteiger charge is 2.18. The van der Waals surface area contributed by atoms with Crippen molar-refractivity contribution in [2.75, 3.05) is 0 Å². The van der Waals surface area contributed by atoms with Crippen LogP contribution in [0.3, 0.4) is 0 Å². The molecule has 88 valence electrons. The van der Waals surface area contributed by atoms with Gasteiger partial charge in [-0.05, 0) is 11.1 Å². The van der Waals surface area contributed by atoms with Gasteiger partial charge in [-0.1, -0.05) is 54.6 Å². The van der Waals surface area contributed by atoms with E-state index in [9.17, 15) is 13.9 Å². The number of halogens is 2. The Kier molecular flexibility index (Phi) is 3.49. The molecule has 1 nitrogen and oxygen atoms in total. The van der Waals surface area contributed by atoms with Crippen molar-refractivity contribution in [3.05, 3.63) is 71.3 Å². The number of rotatable bonds is 3. The lowest BCUT2D eigenvalue weighted by molar-refractivity contribution is 0.143. The topological polar surface area (TPSA) is 20.2 Å². The minimum absolute atomic E-state index is 0.121. The minimum Gasteiger partial charge on any atom is -0.384 e. The first-order valence-corrected chi connectivity index (χ1v) is 5.30. The van der Waals surface area contributed by atoms with Gasteiger partial charge in [-0.15, -0.1) is 0 Å². The molecule has 0 spiro atoms. The third-order valence-electron chi connectivity index (χ3n) is 2.64. The van der Waals surface area contributed by atoms with Gasteiger partial charge in [0.25, 0.3) is 6.43 Å². The van der Waals surface area contributed by atoms with Crippen molar-refractivity contribution in [1.29, 1.82) is 0 Å². The maximum Gasteiger partial charge on any atom is 0.264 e. The second-order valence-corrected chi connectivity index (χ2v) is 3.74. The molecular weight excluding hydrogens is 222 g/mol. The molecule has 0 aliphatic rings. The Morgan fingerprint density at radius 1 is 0.765 bits per heavy atom. The molecule has 2 aromatic carbocycles. The molecule has 0 bridgehead atoms. The van der Waals surface area contributed by atoms with Crippen LogP contribution in [0.2, 0.25) is 0 Å². The standard InChI is InChI=1S/C14H12F2O/c15-14(16)12-9-5-4-8-11(12)13(17)10-6-2-1-3-7-10/h1-9,13-14,17H. The zero-order chi connectivity index (χ0) is 12.3. The van der Waals surface area contributed by atoms with E-state index in [2.05, 4.69) is 0 Å². The first kappa shape index (κ1) is 11.7. The smallest absolute Gasteiger partial charge is 0.264 e. The Morgan fingerprint density at radius 2 is 1.29 bits per heavy atom. The van der Waals surface area contributed by atoms with Crippen LogP contribution in [0.15, 0.2) is 54.6 Å². The highest BCUT2D eigenvalue weighted by Crippen LogP contribution is 2.30. The molecule has 0 heterocycles. The highest BCUT2D eigenvalue weighted by atomic mass is 19.3. The van der Waals surface area contributed by atoms with E-state index in [0.717, 1.165) is 0 Å². The maximum absolute atomic E-state index is 12.8. The van der Waals surface area contributed by atoms with Gasteiger partial charge in [-0.25, -0.2) is 8.78 Å². The number of benzene rings is 2. The first-order chi connectivity index (χ1) is 8.20. The predicted octanol–water partition coefficient (Wildman–Crippen LogP) is 3.71. The van der Waals surface area contributed by atoms with Gasteiger partial charge in [0.2, 0.25) is 0 Å². The fourth-order valence-electron chi connectivity index (χ4n) is 1.77. The van der Waals surface area contributed by atoms with Crippen LogP contribution in [-0.2, 0) is 0 Å². The quantitative estimate of drug-likeness (QED) is 0.858. The Balaban J connectivity index is 2.41. The summed E-state index contributed by atoms with van der Waals surface area (Å²) < 4.78 is 25.6. The normalized spacial score (nSPS) is 12.7. The van der Waals surface area contributed by atoms with Crippen molar-refractivity contribution in [3.63, 3.8) is 0 Å². The number of hydrogen-bond acceptors (Lipinski definition) is 1. The summed E-state index contributed by atoms with van der Waals surface area (Å²) in [5.74, 6) is 0. The molecule has 2 aromatic rings. The molecule has 0 radical (unpaired) electrons. The molecule has 1 unspecified atom stereocenters. The molecule has 0 fully saturated rings. The number of aliphatic hydroxyl groups excluding tert-OH is 1. The lowest BCUT2D eigenvalue weighted by atomic mass is 9.97. The predicted molar refractivity (Wildman–Crippen MR) is 61.9 cm³/mol.